The lowest BCUT2D eigenvalue weighted by molar-refractivity contribution is -0.120. The maximum absolute atomic E-state index is 12.7. The number of sulfonamides is 1. The first kappa shape index (κ1) is 17.1. The number of aromatic nitrogens is 1. The fraction of sp³-hybridized carbons (Fsp3) is 0.375. The lowest BCUT2D eigenvalue weighted by atomic mass is 9.99. The molecule has 2 aromatic rings. The highest BCUT2D eigenvalue weighted by Crippen LogP contribution is 2.28. The van der Waals surface area contributed by atoms with Crippen LogP contribution in [0.5, 0.6) is 0 Å². The van der Waals surface area contributed by atoms with Gasteiger partial charge in [0.2, 0.25) is 5.91 Å². The van der Waals surface area contributed by atoms with E-state index in [0.29, 0.717) is 29.3 Å². The van der Waals surface area contributed by atoms with Crippen LogP contribution in [0.1, 0.15) is 17.7 Å². The largest absolute Gasteiger partial charge is 0.324 e. The SMILES string of the molecule is Cc1ccc(S(=O)(=O)N2CCCC(C(=O)Nc3cccnc3)C2)s1. The summed E-state index contributed by atoms with van der Waals surface area (Å²) in [5.74, 6) is -0.514. The van der Waals surface area contributed by atoms with Crippen molar-refractivity contribution in [3.05, 3.63) is 41.5 Å². The molecule has 1 unspecified atom stereocenters. The van der Waals surface area contributed by atoms with Crippen LogP contribution in [0.15, 0.2) is 40.9 Å². The van der Waals surface area contributed by atoms with Crippen LogP contribution in [0, 0.1) is 12.8 Å². The average molecular weight is 365 g/mol. The van der Waals surface area contributed by atoms with Crippen molar-refractivity contribution in [2.24, 2.45) is 5.92 Å². The second-order valence-corrected chi connectivity index (χ2v) is 9.25. The average Bonchev–Trinajstić information content (AvgIpc) is 3.03. The van der Waals surface area contributed by atoms with Gasteiger partial charge < -0.3 is 5.32 Å². The summed E-state index contributed by atoms with van der Waals surface area (Å²) in [4.78, 5) is 17.3. The normalized spacial score (nSPS) is 19.1. The van der Waals surface area contributed by atoms with Gasteiger partial charge >= 0.3 is 0 Å². The van der Waals surface area contributed by atoms with Crippen LogP contribution in [0.4, 0.5) is 5.69 Å². The Morgan fingerprint density at radius 1 is 1.38 bits per heavy atom. The van der Waals surface area contributed by atoms with Crippen molar-refractivity contribution in [3.63, 3.8) is 0 Å². The number of thiophene rings is 1. The number of amides is 1. The number of nitrogens with zero attached hydrogens (tertiary/aromatic N) is 2. The number of carbonyl (C=O) groups is 1. The van der Waals surface area contributed by atoms with Crippen LogP contribution in [0.3, 0.4) is 0 Å². The van der Waals surface area contributed by atoms with E-state index in [1.54, 1.807) is 36.7 Å². The number of hydrogen-bond acceptors (Lipinski definition) is 5. The van der Waals surface area contributed by atoms with Gasteiger partial charge in [0.05, 0.1) is 17.8 Å². The van der Waals surface area contributed by atoms with E-state index >= 15 is 0 Å². The highest BCUT2D eigenvalue weighted by Gasteiger charge is 2.34. The van der Waals surface area contributed by atoms with E-state index in [0.717, 1.165) is 4.88 Å². The monoisotopic (exact) mass is 365 g/mol. The van der Waals surface area contributed by atoms with Crippen molar-refractivity contribution >= 4 is 33.0 Å². The van der Waals surface area contributed by atoms with Gasteiger partial charge in [-0.25, -0.2) is 8.42 Å². The van der Waals surface area contributed by atoms with E-state index in [1.807, 2.05) is 6.92 Å². The van der Waals surface area contributed by atoms with Crippen LogP contribution in [-0.2, 0) is 14.8 Å². The maximum atomic E-state index is 12.7. The highest BCUT2D eigenvalue weighted by molar-refractivity contribution is 7.91. The standard InChI is InChI=1S/C16H19N3O3S2/c1-12-6-7-15(23-12)24(21,22)19-9-3-4-13(11-19)16(20)18-14-5-2-8-17-10-14/h2,5-8,10,13H,3-4,9,11H2,1H3,(H,18,20). The van der Waals surface area contributed by atoms with Gasteiger partial charge in [0.25, 0.3) is 10.0 Å². The number of carbonyl (C=O) groups excluding carboxylic acids is 1. The van der Waals surface area contributed by atoms with Gasteiger partial charge in [-0.1, -0.05) is 0 Å². The molecule has 1 aliphatic heterocycles. The summed E-state index contributed by atoms with van der Waals surface area (Å²) in [6, 6.07) is 6.94. The molecule has 0 spiro atoms. The molecule has 6 nitrogen and oxygen atoms in total. The molecule has 3 heterocycles. The molecule has 24 heavy (non-hydrogen) atoms. The molecular weight excluding hydrogens is 346 g/mol. The molecule has 2 aromatic heterocycles. The van der Waals surface area contributed by atoms with Gasteiger partial charge in [0.15, 0.2) is 0 Å². The minimum atomic E-state index is -3.52. The second kappa shape index (κ2) is 7.00. The quantitative estimate of drug-likeness (QED) is 0.903. The number of pyridine rings is 1. The summed E-state index contributed by atoms with van der Waals surface area (Å²) in [5, 5.41) is 2.81. The zero-order valence-corrected chi connectivity index (χ0v) is 14.9. The first-order valence-electron chi connectivity index (χ1n) is 7.74. The Bertz CT molecular complexity index is 818. The number of rotatable bonds is 4. The number of anilines is 1. The van der Waals surface area contributed by atoms with E-state index in [1.165, 1.54) is 15.6 Å². The van der Waals surface area contributed by atoms with Crippen molar-refractivity contribution in [1.29, 1.82) is 0 Å². The summed E-state index contributed by atoms with van der Waals surface area (Å²) in [5.41, 5.74) is 0.622. The summed E-state index contributed by atoms with van der Waals surface area (Å²) < 4.78 is 27.2. The molecule has 0 bridgehead atoms. The first-order chi connectivity index (χ1) is 11.5. The van der Waals surface area contributed by atoms with Gasteiger partial charge in [-0.2, -0.15) is 4.31 Å². The van der Waals surface area contributed by atoms with Gasteiger partial charge in [-0.15, -0.1) is 11.3 Å². The Morgan fingerprint density at radius 3 is 2.88 bits per heavy atom. The minimum absolute atomic E-state index is 0.162. The molecule has 1 atom stereocenters. The number of aryl methyl sites for hydroxylation is 1. The van der Waals surface area contributed by atoms with Gasteiger partial charge in [-0.3, -0.25) is 9.78 Å². The van der Waals surface area contributed by atoms with E-state index in [9.17, 15) is 13.2 Å². The molecule has 1 amide bonds. The van der Waals surface area contributed by atoms with Crippen LogP contribution in [-0.4, -0.2) is 36.7 Å². The summed E-state index contributed by atoms with van der Waals surface area (Å²) in [6.07, 6.45) is 4.56. The predicted octanol–water partition coefficient (Wildman–Crippen LogP) is 2.49. The lowest BCUT2D eigenvalue weighted by Gasteiger charge is -2.30. The summed E-state index contributed by atoms with van der Waals surface area (Å²) >= 11 is 1.26. The van der Waals surface area contributed by atoms with Crippen molar-refractivity contribution in [2.45, 2.75) is 24.0 Å². The van der Waals surface area contributed by atoms with Crippen molar-refractivity contribution in [3.8, 4) is 0 Å². The van der Waals surface area contributed by atoms with Crippen LogP contribution in [0.2, 0.25) is 0 Å². The van der Waals surface area contributed by atoms with Crippen molar-refractivity contribution < 1.29 is 13.2 Å². The molecule has 1 saturated heterocycles. The topological polar surface area (TPSA) is 79.4 Å². The number of piperidine rings is 1. The molecule has 0 aliphatic carbocycles. The van der Waals surface area contributed by atoms with Crippen molar-refractivity contribution in [1.82, 2.24) is 9.29 Å². The van der Waals surface area contributed by atoms with Crippen LogP contribution < -0.4 is 5.32 Å². The zero-order valence-electron chi connectivity index (χ0n) is 13.3. The third-order valence-electron chi connectivity index (χ3n) is 3.99. The third-order valence-corrected chi connectivity index (χ3v) is 7.33. The van der Waals surface area contributed by atoms with Crippen LogP contribution in [0.25, 0.3) is 0 Å². The molecule has 3 rings (SSSR count). The van der Waals surface area contributed by atoms with Gasteiger partial charge in [-0.05, 0) is 44.0 Å². The molecule has 1 aliphatic rings. The summed E-state index contributed by atoms with van der Waals surface area (Å²) in [7, 11) is -3.52. The van der Waals surface area contributed by atoms with E-state index < -0.39 is 10.0 Å². The van der Waals surface area contributed by atoms with Gasteiger partial charge in [0.1, 0.15) is 4.21 Å². The molecule has 0 saturated carbocycles. The fourth-order valence-electron chi connectivity index (χ4n) is 2.73. The van der Waals surface area contributed by atoms with E-state index in [-0.39, 0.29) is 18.4 Å². The predicted molar refractivity (Wildman–Crippen MR) is 93.4 cm³/mol. The Hall–Kier alpha value is -1.77. The molecule has 0 aromatic carbocycles. The third kappa shape index (κ3) is 3.66. The molecule has 1 fully saturated rings. The van der Waals surface area contributed by atoms with E-state index in [2.05, 4.69) is 10.3 Å². The number of hydrogen-bond donors (Lipinski definition) is 1. The minimum Gasteiger partial charge on any atom is -0.324 e. The van der Waals surface area contributed by atoms with Crippen molar-refractivity contribution in [2.75, 3.05) is 18.4 Å². The Labute approximate surface area is 145 Å². The fourth-order valence-corrected chi connectivity index (χ4v) is 5.70. The highest BCUT2D eigenvalue weighted by atomic mass is 32.2. The molecule has 8 heteroatoms. The molecule has 1 N–H and O–H groups in total. The molecular formula is C16H19N3O3S2. The lowest BCUT2D eigenvalue weighted by Crippen LogP contribution is -2.43. The van der Waals surface area contributed by atoms with Crippen LogP contribution >= 0.6 is 11.3 Å². The Kier molecular flexibility index (Phi) is 4.98. The Morgan fingerprint density at radius 2 is 2.21 bits per heavy atom. The maximum Gasteiger partial charge on any atom is 0.252 e. The van der Waals surface area contributed by atoms with Gasteiger partial charge in [0, 0.05) is 24.2 Å². The zero-order chi connectivity index (χ0) is 17.2. The summed E-state index contributed by atoms with van der Waals surface area (Å²) in [6.45, 7) is 2.55. The first-order valence-corrected chi connectivity index (χ1v) is 10.00. The molecule has 128 valence electrons. The molecule has 0 radical (unpaired) electrons. The Balaban J connectivity index is 1.71. The number of nitrogens with one attached hydrogen (secondary N) is 1. The smallest absolute Gasteiger partial charge is 0.252 e. The van der Waals surface area contributed by atoms with E-state index in [4.69, 9.17) is 0 Å². The second-order valence-electron chi connectivity index (χ2n) is 5.80.